The molecule has 1 amide bonds. The summed E-state index contributed by atoms with van der Waals surface area (Å²) >= 11 is 0.339. The number of sulfonamides is 1. The van der Waals surface area contributed by atoms with E-state index >= 15 is 0 Å². The van der Waals surface area contributed by atoms with Crippen LogP contribution >= 0.6 is 11.3 Å². The Morgan fingerprint density at radius 2 is 1.84 bits per heavy atom. The molecule has 2 aliphatic carbocycles. The molecule has 0 radical (unpaired) electrons. The van der Waals surface area contributed by atoms with Crippen molar-refractivity contribution in [1.82, 2.24) is 34.1 Å². The van der Waals surface area contributed by atoms with Crippen molar-refractivity contribution in [1.29, 1.82) is 0 Å². The summed E-state index contributed by atoms with van der Waals surface area (Å²) in [5.74, 6) is 0.0357. The molecule has 2 saturated carbocycles. The van der Waals surface area contributed by atoms with Gasteiger partial charge in [-0.25, -0.2) is 18.1 Å². The van der Waals surface area contributed by atoms with Crippen LogP contribution in [0.3, 0.4) is 0 Å². The Balaban J connectivity index is 1.26. The Morgan fingerprint density at radius 1 is 1.14 bits per heavy atom. The van der Waals surface area contributed by atoms with Gasteiger partial charge in [0, 0.05) is 44.5 Å². The zero-order valence-electron chi connectivity index (χ0n) is 24.7. The number of pyridine rings is 1. The minimum absolute atomic E-state index is 0.0197. The Bertz CT molecular complexity index is 1660. The van der Waals surface area contributed by atoms with Gasteiger partial charge in [0.1, 0.15) is 10.5 Å². The number of amides is 1. The minimum atomic E-state index is -4.67. The van der Waals surface area contributed by atoms with Gasteiger partial charge >= 0.3 is 6.18 Å². The number of halogens is 3. The molecule has 0 bridgehead atoms. The van der Waals surface area contributed by atoms with E-state index in [-0.39, 0.29) is 21.6 Å². The zero-order valence-corrected chi connectivity index (χ0v) is 26.4. The summed E-state index contributed by atoms with van der Waals surface area (Å²) in [6, 6.07) is 1.56. The van der Waals surface area contributed by atoms with Gasteiger partial charge in [-0.15, -0.1) is 10.2 Å². The van der Waals surface area contributed by atoms with Gasteiger partial charge < -0.3 is 19.4 Å². The number of imidazole rings is 1. The van der Waals surface area contributed by atoms with Gasteiger partial charge in [0.05, 0.1) is 17.4 Å². The topological polar surface area (TPSA) is 125 Å². The van der Waals surface area contributed by atoms with Crippen molar-refractivity contribution in [3.63, 3.8) is 0 Å². The highest BCUT2D eigenvalue weighted by Crippen LogP contribution is 2.42. The van der Waals surface area contributed by atoms with E-state index in [2.05, 4.69) is 24.8 Å². The van der Waals surface area contributed by atoms with E-state index in [4.69, 9.17) is 4.74 Å². The number of rotatable bonds is 11. The molecule has 3 aromatic heterocycles. The lowest BCUT2D eigenvalue weighted by Gasteiger charge is -2.38. The van der Waals surface area contributed by atoms with Gasteiger partial charge in [0.2, 0.25) is 15.0 Å². The quantitative estimate of drug-likeness (QED) is 0.310. The second kappa shape index (κ2) is 11.2. The van der Waals surface area contributed by atoms with E-state index < -0.39 is 32.3 Å². The highest BCUT2D eigenvalue weighted by atomic mass is 32.2. The van der Waals surface area contributed by atoms with Crippen LogP contribution in [0.25, 0.3) is 16.3 Å². The first-order chi connectivity index (χ1) is 20.7. The van der Waals surface area contributed by atoms with E-state index in [1.807, 2.05) is 25.9 Å². The van der Waals surface area contributed by atoms with Crippen LogP contribution < -0.4 is 9.62 Å². The van der Waals surface area contributed by atoms with Crippen molar-refractivity contribution in [3.05, 3.63) is 23.5 Å². The van der Waals surface area contributed by atoms with Crippen LogP contribution in [0.5, 0.6) is 0 Å². The molecule has 3 aromatic rings. The number of carbonyl (C=O) groups excluding carboxylic acids is 1. The molecule has 0 spiro atoms. The van der Waals surface area contributed by atoms with Crippen molar-refractivity contribution >= 4 is 38.5 Å². The molecular weight excluding hydrogens is 621 g/mol. The van der Waals surface area contributed by atoms with Crippen molar-refractivity contribution in [2.75, 3.05) is 58.3 Å². The zero-order chi connectivity index (χ0) is 31.5. The van der Waals surface area contributed by atoms with Gasteiger partial charge in [-0.1, -0.05) is 11.3 Å². The van der Waals surface area contributed by atoms with E-state index in [9.17, 15) is 26.4 Å². The summed E-state index contributed by atoms with van der Waals surface area (Å²) in [6.45, 7) is 4.87. The maximum Gasteiger partial charge on any atom is 0.445 e. The van der Waals surface area contributed by atoms with Crippen molar-refractivity contribution in [2.24, 2.45) is 0 Å². The summed E-state index contributed by atoms with van der Waals surface area (Å²) in [7, 11) is 0.00541. The maximum atomic E-state index is 13.5. The molecule has 0 aromatic carbocycles. The summed E-state index contributed by atoms with van der Waals surface area (Å²) in [5.41, 5.74) is -0.242. The summed E-state index contributed by atoms with van der Waals surface area (Å²) in [5, 5.41) is 5.77. The Morgan fingerprint density at radius 3 is 2.43 bits per heavy atom. The van der Waals surface area contributed by atoms with Gasteiger partial charge in [0.25, 0.3) is 5.91 Å². The number of nitrogens with one attached hydrogen (secondary N) is 1. The number of fused-ring (bicyclic) bond motifs is 1. The number of carbonyl (C=O) groups is 1. The lowest BCUT2D eigenvalue weighted by molar-refractivity contribution is -0.147. The molecular formula is C27H35F3N8O4S2. The van der Waals surface area contributed by atoms with Gasteiger partial charge in [0.15, 0.2) is 10.8 Å². The Hall–Kier alpha value is -2.86. The Labute approximate surface area is 257 Å². The van der Waals surface area contributed by atoms with Gasteiger partial charge in [-0.2, -0.15) is 13.2 Å². The highest BCUT2D eigenvalue weighted by molar-refractivity contribution is 7.89. The maximum absolute atomic E-state index is 13.5. The molecule has 240 valence electrons. The smallest absolute Gasteiger partial charge is 0.366 e. The lowest BCUT2D eigenvalue weighted by atomic mass is 10.2. The monoisotopic (exact) mass is 656 g/mol. The summed E-state index contributed by atoms with van der Waals surface area (Å²) in [6.07, 6.45) is 1.82. The van der Waals surface area contributed by atoms with Gasteiger partial charge in [-0.3, -0.25) is 9.20 Å². The standard InChI is InChI=1S/C27H35F3N8O4S2/c1-25(5-6-25)34-44(40,41)18-15-19(20-16-31-21(38(20)17-18)22-32-33-23(43-22)27(28,29)30)36-10-12-37(13-11-36)24(39)26(7-8-26)42-14-4-9-35(2)3/h15-17,34H,4-14H2,1-3H3. The molecule has 1 saturated heterocycles. The number of piperazine rings is 1. The van der Waals surface area contributed by atoms with Crippen LogP contribution in [0.4, 0.5) is 18.9 Å². The van der Waals surface area contributed by atoms with Crippen molar-refractivity contribution in [2.45, 2.75) is 61.2 Å². The largest absolute Gasteiger partial charge is 0.445 e. The fraction of sp³-hybridized carbons (Fsp3) is 0.630. The molecule has 44 heavy (non-hydrogen) atoms. The fourth-order valence-electron chi connectivity index (χ4n) is 5.33. The van der Waals surface area contributed by atoms with Crippen LogP contribution in [0.1, 0.15) is 44.0 Å². The lowest BCUT2D eigenvalue weighted by Crippen LogP contribution is -2.53. The number of anilines is 1. The molecule has 3 aliphatic rings. The third kappa shape index (κ3) is 6.29. The summed E-state index contributed by atoms with van der Waals surface area (Å²) < 4.78 is 77.0. The van der Waals surface area contributed by atoms with Crippen LogP contribution in [-0.4, -0.2) is 108 Å². The molecule has 6 rings (SSSR count). The predicted molar refractivity (Wildman–Crippen MR) is 157 cm³/mol. The minimum Gasteiger partial charge on any atom is -0.366 e. The molecule has 0 atom stereocenters. The van der Waals surface area contributed by atoms with Crippen LogP contribution in [0.15, 0.2) is 23.4 Å². The number of aromatic nitrogens is 4. The highest BCUT2D eigenvalue weighted by Gasteiger charge is 2.53. The first-order valence-electron chi connectivity index (χ1n) is 14.5. The second-order valence-corrected chi connectivity index (χ2v) is 14.9. The van der Waals surface area contributed by atoms with Crippen molar-refractivity contribution < 1.29 is 31.1 Å². The number of hydrogen-bond donors (Lipinski definition) is 1. The average molecular weight is 657 g/mol. The fourth-order valence-corrected chi connectivity index (χ4v) is 7.52. The number of ether oxygens (including phenoxy) is 1. The second-order valence-electron chi connectivity index (χ2n) is 12.3. The third-order valence-corrected chi connectivity index (χ3v) is 10.8. The number of hydrogen-bond acceptors (Lipinski definition) is 10. The first kappa shape index (κ1) is 31.1. The Kier molecular flexibility index (Phi) is 7.92. The third-order valence-electron chi connectivity index (χ3n) is 8.27. The number of alkyl halides is 3. The molecule has 12 nitrogen and oxygen atoms in total. The SMILES string of the molecule is CN(C)CCCOC1(C(=O)N2CCN(c3cc(S(=O)(=O)NC4(C)CC4)cn4c(-c5nnc(C(F)(F)F)s5)ncc34)CC2)CC1. The molecule has 4 heterocycles. The normalized spacial score (nSPS) is 19.6. The van der Waals surface area contributed by atoms with E-state index in [0.29, 0.717) is 81.0 Å². The average Bonchev–Trinajstić information content (AvgIpc) is 3.77. The molecule has 0 unspecified atom stereocenters. The van der Waals surface area contributed by atoms with E-state index in [1.165, 1.54) is 16.8 Å². The van der Waals surface area contributed by atoms with Crippen LogP contribution in [0.2, 0.25) is 0 Å². The molecule has 1 N–H and O–H groups in total. The first-order valence-corrected chi connectivity index (χ1v) is 16.8. The van der Waals surface area contributed by atoms with E-state index in [0.717, 1.165) is 13.0 Å². The predicted octanol–water partition coefficient (Wildman–Crippen LogP) is 2.85. The van der Waals surface area contributed by atoms with Crippen LogP contribution in [0, 0.1) is 0 Å². The van der Waals surface area contributed by atoms with Gasteiger partial charge in [-0.05, 0) is 65.7 Å². The van der Waals surface area contributed by atoms with Crippen LogP contribution in [-0.2, 0) is 25.7 Å². The summed E-state index contributed by atoms with van der Waals surface area (Å²) in [4.78, 5) is 23.5. The van der Waals surface area contributed by atoms with E-state index in [1.54, 1.807) is 11.0 Å². The molecule has 1 aliphatic heterocycles. The van der Waals surface area contributed by atoms with Crippen molar-refractivity contribution in [3.8, 4) is 10.8 Å². The number of nitrogens with zero attached hydrogens (tertiary/aromatic N) is 7. The molecule has 17 heteroatoms. The molecule has 3 fully saturated rings.